The molecule has 1 aromatic rings. The van der Waals surface area contributed by atoms with Gasteiger partial charge in [0.25, 0.3) is 0 Å². The van der Waals surface area contributed by atoms with Crippen LogP contribution in [0.3, 0.4) is 0 Å². The largest absolute Gasteiger partial charge is 0.481 e. The van der Waals surface area contributed by atoms with E-state index < -0.39 is 21.2 Å². The first-order chi connectivity index (χ1) is 7.97. The quantitative estimate of drug-likeness (QED) is 0.856. The summed E-state index contributed by atoms with van der Waals surface area (Å²) < 4.78 is 23.6. The second-order valence-electron chi connectivity index (χ2n) is 4.74. The molecule has 5 heteroatoms. The number of hydrogen-bond donors (Lipinski definition) is 1. The van der Waals surface area contributed by atoms with E-state index in [0.29, 0.717) is 29.7 Å². The van der Waals surface area contributed by atoms with E-state index in [0.717, 1.165) is 5.56 Å². The van der Waals surface area contributed by atoms with Crippen molar-refractivity contribution >= 4 is 15.8 Å². The first-order valence-electron chi connectivity index (χ1n) is 5.56. The van der Waals surface area contributed by atoms with Gasteiger partial charge < -0.3 is 5.11 Å². The molecule has 0 spiro atoms. The maximum atomic E-state index is 11.8. The number of fused-ring (bicyclic) bond motifs is 1. The third-order valence-electron chi connectivity index (χ3n) is 3.76. The topological polar surface area (TPSA) is 71.4 Å². The van der Waals surface area contributed by atoms with Crippen molar-refractivity contribution in [1.29, 1.82) is 0 Å². The zero-order chi connectivity index (χ0) is 12.3. The Bertz CT molecular complexity index is 611. The molecule has 1 aromatic carbocycles. The Balaban J connectivity index is 2.23. The molecular formula is C12H12O4S. The first kappa shape index (κ1) is 10.8. The van der Waals surface area contributed by atoms with Crippen LogP contribution in [0.2, 0.25) is 0 Å². The number of carboxylic acids is 1. The number of rotatable bonds is 2. The Morgan fingerprint density at radius 2 is 2.00 bits per heavy atom. The summed E-state index contributed by atoms with van der Waals surface area (Å²) in [4.78, 5) is 11.6. The van der Waals surface area contributed by atoms with Crippen LogP contribution in [-0.4, -0.2) is 25.2 Å². The highest BCUT2D eigenvalue weighted by Gasteiger charge is 2.53. The summed E-state index contributed by atoms with van der Waals surface area (Å²) >= 11 is 0. The molecule has 3 rings (SSSR count). The third-order valence-corrected chi connectivity index (χ3v) is 5.56. The summed E-state index contributed by atoms with van der Waals surface area (Å²) in [5, 5.41) is 9.27. The zero-order valence-electron chi connectivity index (χ0n) is 9.14. The van der Waals surface area contributed by atoms with Gasteiger partial charge in [-0.1, -0.05) is 12.1 Å². The van der Waals surface area contributed by atoms with Gasteiger partial charge in [0.2, 0.25) is 0 Å². The third kappa shape index (κ3) is 1.35. The van der Waals surface area contributed by atoms with Gasteiger partial charge in [0.1, 0.15) is 0 Å². The molecule has 17 heavy (non-hydrogen) atoms. The van der Waals surface area contributed by atoms with Gasteiger partial charge in [0.05, 0.1) is 16.1 Å². The average molecular weight is 252 g/mol. The summed E-state index contributed by atoms with van der Waals surface area (Å²) in [6, 6.07) is 5.00. The fourth-order valence-electron chi connectivity index (χ4n) is 2.63. The number of carbonyl (C=O) groups is 1. The molecular weight excluding hydrogens is 240 g/mol. The van der Waals surface area contributed by atoms with Crippen LogP contribution < -0.4 is 0 Å². The lowest BCUT2D eigenvalue weighted by atomic mass is 9.90. The molecule has 1 aliphatic carbocycles. The van der Waals surface area contributed by atoms with Crippen molar-refractivity contribution in [3.63, 3.8) is 0 Å². The molecule has 1 N–H and O–H groups in total. The van der Waals surface area contributed by atoms with Crippen LogP contribution in [0.5, 0.6) is 0 Å². The second-order valence-corrected chi connectivity index (χ2v) is 6.82. The zero-order valence-corrected chi connectivity index (χ0v) is 9.96. The van der Waals surface area contributed by atoms with E-state index in [-0.39, 0.29) is 5.75 Å². The molecule has 0 atom stereocenters. The van der Waals surface area contributed by atoms with E-state index >= 15 is 0 Å². The summed E-state index contributed by atoms with van der Waals surface area (Å²) in [5.41, 5.74) is 0.626. The molecule has 2 aliphatic rings. The van der Waals surface area contributed by atoms with Gasteiger partial charge in [-0.25, -0.2) is 8.42 Å². The van der Waals surface area contributed by atoms with Gasteiger partial charge in [0.15, 0.2) is 9.84 Å². The fraction of sp³-hybridized carbons (Fsp3) is 0.417. The molecule has 90 valence electrons. The van der Waals surface area contributed by atoms with E-state index in [1.807, 2.05) is 0 Å². The maximum Gasteiger partial charge on any atom is 0.314 e. The van der Waals surface area contributed by atoms with Gasteiger partial charge in [0, 0.05) is 0 Å². The summed E-state index contributed by atoms with van der Waals surface area (Å²) in [6.45, 7) is 0. The predicted octanol–water partition coefficient (Wildman–Crippen LogP) is 1.13. The minimum Gasteiger partial charge on any atom is -0.481 e. The van der Waals surface area contributed by atoms with Crippen LogP contribution in [0.15, 0.2) is 23.1 Å². The average Bonchev–Trinajstić information content (AvgIpc) is 3.02. The Morgan fingerprint density at radius 3 is 2.59 bits per heavy atom. The second kappa shape index (κ2) is 3.10. The first-order valence-corrected chi connectivity index (χ1v) is 7.21. The molecule has 1 aliphatic heterocycles. The minimum absolute atomic E-state index is 0.106. The standard InChI is InChI=1S/C12H12O4S/c13-11(14)12(5-6-12)9-2-1-3-10-8(9)4-7-17(10,15)16/h1-3H,4-7H2,(H,13,14). The lowest BCUT2D eigenvalue weighted by molar-refractivity contribution is -0.140. The smallest absolute Gasteiger partial charge is 0.314 e. The van der Waals surface area contributed by atoms with Crippen LogP contribution in [0.4, 0.5) is 0 Å². The Hall–Kier alpha value is -1.36. The molecule has 0 saturated heterocycles. The minimum atomic E-state index is -3.18. The number of hydrogen-bond acceptors (Lipinski definition) is 3. The normalized spacial score (nSPS) is 23.1. The van der Waals surface area contributed by atoms with Crippen molar-refractivity contribution in [2.24, 2.45) is 0 Å². The molecule has 1 heterocycles. The lowest BCUT2D eigenvalue weighted by Gasteiger charge is -2.14. The van der Waals surface area contributed by atoms with Crippen molar-refractivity contribution in [3.05, 3.63) is 29.3 Å². The van der Waals surface area contributed by atoms with Crippen LogP contribution in [-0.2, 0) is 26.5 Å². The van der Waals surface area contributed by atoms with Gasteiger partial charge in [-0.2, -0.15) is 0 Å². The van der Waals surface area contributed by atoms with Crippen molar-refractivity contribution in [2.45, 2.75) is 29.6 Å². The van der Waals surface area contributed by atoms with Crippen LogP contribution in [0.25, 0.3) is 0 Å². The van der Waals surface area contributed by atoms with Crippen LogP contribution in [0, 0.1) is 0 Å². The van der Waals surface area contributed by atoms with Crippen molar-refractivity contribution in [3.8, 4) is 0 Å². The van der Waals surface area contributed by atoms with E-state index in [4.69, 9.17) is 0 Å². The molecule has 0 radical (unpaired) electrons. The Kier molecular flexibility index (Phi) is 1.96. The monoisotopic (exact) mass is 252 g/mol. The van der Waals surface area contributed by atoms with E-state index in [9.17, 15) is 18.3 Å². The molecule has 0 aromatic heterocycles. The Morgan fingerprint density at radius 1 is 1.29 bits per heavy atom. The van der Waals surface area contributed by atoms with Gasteiger partial charge in [-0.05, 0) is 36.5 Å². The lowest BCUT2D eigenvalue weighted by Crippen LogP contribution is -2.21. The number of sulfone groups is 1. The number of aliphatic carboxylic acids is 1. The fourth-order valence-corrected chi connectivity index (χ4v) is 4.20. The summed E-state index contributed by atoms with van der Waals surface area (Å²) in [6.07, 6.45) is 1.67. The van der Waals surface area contributed by atoms with Gasteiger partial charge in [-0.15, -0.1) is 0 Å². The number of benzene rings is 1. The highest BCUT2D eigenvalue weighted by atomic mass is 32.2. The van der Waals surface area contributed by atoms with E-state index in [1.165, 1.54) is 0 Å². The van der Waals surface area contributed by atoms with Crippen molar-refractivity contribution in [2.75, 3.05) is 5.75 Å². The highest BCUT2D eigenvalue weighted by Crippen LogP contribution is 2.51. The molecule has 0 amide bonds. The molecule has 0 unspecified atom stereocenters. The van der Waals surface area contributed by atoms with E-state index in [1.54, 1.807) is 18.2 Å². The van der Waals surface area contributed by atoms with E-state index in [2.05, 4.69) is 0 Å². The van der Waals surface area contributed by atoms with Crippen molar-refractivity contribution in [1.82, 2.24) is 0 Å². The summed E-state index contributed by atoms with van der Waals surface area (Å²) in [7, 11) is -3.18. The maximum absolute atomic E-state index is 11.8. The van der Waals surface area contributed by atoms with Crippen LogP contribution >= 0.6 is 0 Å². The highest BCUT2D eigenvalue weighted by molar-refractivity contribution is 7.91. The van der Waals surface area contributed by atoms with Crippen molar-refractivity contribution < 1.29 is 18.3 Å². The van der Waals surface area contributed by atoms with Crippen LogP contribution in [0.1, 0.15) is 24.0 Å². The summed E-state index contributed by atoms with van der Waals surface area (Å²) in [5.74, 6) is -0.732. The molecule has 4 nitrogen and oxygen atoms in total. The van der Waals surface area contributed by atoms with Gasteiger partial charge >= 0.3 is 5.97 Å². The Labute approximate surface area is 99.2 Å². The molecule has 1 fully saturated rings. The number of carboxylic acid groups (broad SMARTS) is 1. The molecule has 0 bridgehead atoms. The van der Waals surface area contributed by atoms with Gasteiger partial charge in [-0.3, -0.25) is 4.79 Å². The molecule has 1 saturated carbocycles. The SMILES string of the molecule is O=C(O)C1(c2cccc3c2CCS3(=O)=O)CC1. The predicted molar refractivity (Wildman–Crippen MR) is 60.7 cm³/mol.